The largest absolute Gasteiger partial charge is 0.396 e. The number of amides is 1. The van der Waals surface area contributed by atoms with Crippen LogP contribution in [0.3, 0.4) is 0 Å². The third kappa shape index (κ3) is 4.88. The van der Waals surface area contributed by atoms with Crippen LogP contribution in [0.25, 0.3) is 0 Å². The van der Waals surface area contributed by atoms with Gasteiger partial charge < -0.3 is 10.4 Å². The van der Waals surface area contributed by atoms with Crippen molar-refractivity contribution in [2.24, 2.45) is 0 Å². The van der Waals surface area contributed by atoms with Gasteiger partial charge in [-0.15, -0.1) is 11.8 Å². The van der Waals surface area contributed by atoms with E-state index in [-0.39, 0.29) is 17.8 Å². The predicted molar refractivity (Wildman–Crippen MR) is 78.4 cm³/mol. The van der Waals surface area contributed by atoms with E-state index in [0.717, 1.165) is 11.3 Å². The van der Waals surface area contributed by atoms with Crippen LogP contribution < -0.4 is 5.32 Å². The molecule has 0 aliphatic carbocycles. The third-order valence-electron chi connectivity index (χ3n) is 2.58. The van der Waals surface area contributed by atoms with E-state index in [1.54, 1.807) is 6.07 Å². The molecule has 1 aromatic carbocycles. The minimum absolute atomic E-state index is 0.0462. The summed E-state index contributed by atoms with van der Waals surface area (Å²) in [6.45, 7) is 4.03. The molecule has 0 saturated carbocycles. The molecule has 0 spiro atoms. The van der Waals surface area contributed by atoms with Crippen molar-refractivity contribution in [1.29, 1.82) is 0 Å². The molecule has 3 nitrogen and oxygen atoms in total. The van der Waals surface area contributed by atoms with E-state index >= 15 is 0 Å². The minimum Gasteiger partial charge on any atom is -0.396 e. The number of thioether (sulfide) groups is 1. The SMILES string of the molecule is Cc1c(Cl)cccc1NC(=O)CSC(C)CCO. The normalized spacial score (nSPS) is 12.2. The number of aliphatic hydroxyl groups excluding tert-OH is 1. The van der Waals surface area contributed by atoms with Crippen molar-refractivity contribution in [2.45, 2.75) is 25.5 Å². The number of carbonyl (C=O) groups excluding carboxylic acids is 1. The molecule has 1 atom stereocenters. The molecule has 100 valence electrons. The fraction of sp³-hybridized carbons (Fsp3) is 0.462. The van der Waals surface area contributed by atoms with E-state index < -0.39 is 0 Å². The highest BCUT2D eigenvalue weighted by atomic mass is 35.5. The fourth-order valence-electron chi connectivity index (χ4n) is 1.41. The van der Waals surface area contributed by atoms with Gasteiger partial charge in [-0.1, -0.05) is 24.6 Å². The van der Waals surface area contributed by atoms with Crippen molar-refractivity contribution < 1.29 is 9.90 Å². The molecule has 1 aromatic rings. The van der Waals surface area contributed by atoms with Gasteiger partial charge in [0.1, 0.15) is 0 Å². The van der Waals surface area contributed by atoms with E-state index in [9.17, 15) is 4.79 Å². The van der Waals surface area contributed by atoms with Crippen LogP contribution in [0.4, 0.5) is 5.69 Å². The Morgan fingerprint density at radius 1 is 1.56 bits per heavy atom. The van der Waals surface area contributed by atoms with Crippen molar-refractivity contribution in [1.82, 2.24) is 0 Å². The van der Waals surface area contributed by atoms with E-state index in [4.69, 9.17) is 16.7 Å². The highest BCUT2D eigenvalue weighted by Crippen LogP contribution is 2.23. The molecule has 0 aliphatic heterocycles. The van der Waals surface area contributed by atoms with Gasteiger partial charge in [0.25, 0.3) is 0 Å². The van der Waals surface area contributed by atoms with Crippen molar-refractivity contribution >= 4 is 35.0 Å². The van der Waals surface area contributed by atoms with Gasteiger partial charge in [0, 0.05) is 22.6 Å². The average Bonchev–Trinajstić information content (AvgIpc) is 2.33. The van der Waals surface area contributed by atoms with Crippen LogP contribution in [-0.4, -0.2) is 28.6 Å². The summed E-state index contributed by atoms with van der Waals surface area (Å²) in [7, 11) is 0. The predicted octanol–water partition coefficient (Wildman–Crippen LogP) is 3.09. The zero-order valence-electron chi connectivity index (χ0n) is 10.6. The van der Waals surface area contributed by atoms with E-state index in [2.05, 4.69) is 5.32 Å². The Morgan fingerprint density at radius 3 is 2.94 bits per heavy atom. The zero-order valence-corrected chi connectivity index (χ0v) is 12.1. The van der Waals surface area contributed by atoms with Gasteiger partial charge in [-0.05, 0) is 31.0 Å². The number of benzene rings is 1. The molecule has 1 unspecified atom stereocenters. The Balaban J connectivity index is 2.47. The second-order valence-electron chi connectivity index (χ2n) is 4.09. The number of nitrogens with one attached hydrogen (secondary N) is 1. The molecule has 0 fully saturated rings. The van der Waals surface area contributed by atoms with Crippen LogP contribution in [0.5, 0.6) is 0 Å². The van der Waals surface area contributed by atoms with Crippen LogP contribution in [-0.2, 0) is 4.79 Å². The molecule has 1 amide bonds. The highest BCUT2D eigenvalue weighted by molar-refractivity contribution is 8.00. The molecule has 0 saturated heterocycles. The molecule has 0 aliphatic rings. The summed E-state index contributed by atoms with van der Waals surface area (Å²) < 4.78 is 0. The summed E-state index contributed by atoms with van der Waals surface area (Å²) in [6, 6.07) is 5.44. The summed E-state index contributed by atoms with van der Waals surface area (Å²) in [4.78, 5) is 11.7. The molecular formula is C13H18ClNO2S. The molecule has 18 heavy (non-hydrogen) atoms. The van der Waals surface area contributed by atoms with Gasteiger partial charge in [0.05, 0.1) is 5.75 Å². The number of anilines is 1. The maximum Gasteiger partial charge on any atom is 0.234 e. The Kier molecular flexibility index (Phi) is 6.54. The maximum absolute atomic E-state index is 11.7. The molecule has 5 heteroatoms. The number of rotatable bonds is 6. The summed E-state index contributed by atoms with van der Waals surface area (Å²) in [5, 5.41) is 12.5. The average molecular weight is 288 g/mol. The molecule has 0 bridgehead atoms. The molecular weight excluding hydrogens is 270 g/mol. The topological polar surface area (TPSA) is 49.3 Å². The van der Waals surface area contributed by atoms with Crippen LogP contribution in [0.1, 0.15) is 18.9 Å². The second-order valence-corrected chi connectivity index (χ2v) is 5.93. The van der Waals surface area contributed by atoms with Crippen LogP contribution >= 0.6 is 23.4 Å². The fourth-order valence-corrected chi connectivity index (χ4v) is 2.37. The molecule has 0 radical (unpaired) electrons. The Labute approximate surface area is 117 Å². The Hall–Kier alpha value is -0.710. The zero-order chi connectivity index (χ0) is 13.5. The van der Waals surface area contributed by atoms with Gasteiger partial charge in [-0.3, -0.25) is 4.79 Å². The van der Waals surface area contributed by atoms with Crippen LogP contribution in [0, 0.1) is 6.92 Å². The van der Waals surface area contributed by atoms with Crippen molar-refractivity contribution in [3.05, 3.63) is 28.8 Å². The summed E-state index contributed by atoms with van der Waals surface area (Å²) >= 11 is 7.52. The monoisotopic (exact) mass is 287 g/mol. The lowest BCUT2D eigenvalue weighted by molar-refractivity contribution is -0.113. The third-order valence-corrected chi connectivity index (χ3v) is 4.22. The maximum atomic E-state index is 11.7. The number of hydrogen-bond acceptors (Lipinski definition) is 3. The quantitative estimate of drug-likeness (QED) is 0.845. The van der Waals surface area contributed by atoms with Gasteiger partial charge in [-0.25, -0.2) is 0 Å². The second kappa shape index (κ2) is 7.67. The summed E-state index contributed by atoms with van der Waals surface area (Å²) in [5.74, 6) is 0.336. The summed E-state index contributed by atoms with van der Waals surface area (Å²) in [5.41, 5.74) is 1.63. The first-order valence-corrected chi connectivity index (χ1v) is 7.24. The highest BCUT2D eigenvalue weighted by Gasteiger charge is 2.09. The van der Waals surface area contributed by atoms with E-state index in [1.165, 1.54) is 11.8 Å². The Bertz CT molecular complexity index is 412. The molecule has 2 N–H and O–H groups in total. The molecule has 0 aromatic heterocycles. The first-order chi connectivity index (χ1) is 8.54. The lowest BCUT2D eigenvalue weighted by Crippen LogP contribution is -2.16. The lowest BCUT2D eigenvalue weighted by Gasteiger charge is -2.11. The smallest absolute Gasteiger partial charge is 0.234 e. The van der Waals surface area contributed by atoms with Gasteiger partial charge in [0.2, 0.25) is 5.91 Å². The molecule has 1 rings (SSSR count). The number of carbonyl (C=O) groups is 1. The number of aliphatic hydroxyl groups is 1. The van der Waals surface area contributed by atoms with Crippen molar-refractivity contribution in [3.8, 4) is 0 Å². The van der Waals surface area contributed by atoms with Crippen molar-refractivity contribution in [2.75, 3.05) is 17.7 Å². The molecule has 0 heterocycles. The van der Waals surface area contributed by atoms with Gasteiger partial charge >= 0.3 is 0 Å². The van der Waals surface area contributed by atoms with Gasteiger partial charge in [-0.2, -0.15) is 0 Å². The van der Waals surface area contributed by atoms with Crippen LogP contribution in [0.15, 0.2) is 18.2 Å². The first kappa shape index (κ1) is 15.3. The summed E-state index contributed by atoms with van der Waals surface area (Å²) in [6.07, 6.45) is 0.703. The van der Waals surface area contributed by atoms with E-state index in [1.807, 2.05) is 26.0 Å². The standard InChI is InChI=1S/C13H18ClNO2S/c1-9(6-7-16)18-8-13(17)15-12-5-3-4-11(14)10(12)2/h3-5,9,16H,6-8H2,1-2H3,(H,15,17). The Morgan fingerprint density at radius 2 is 2.28 bits per heavy atom. The minimum atomic E-state index is -0.0462. The lowest BCUT2D eigenvalue weighted by atomic mass is 10.2. The first-order valence-electron chi connectivity index (χ1n) is 5.82. The van der Waals surface area contributed by atoms with E-state index in [0.29, 0.717) is 17.2 Å². The number of hydrogen-bond donors (Lipinski definition) is 2. The van der Waals surface area contributed by atoms with Crippen LogP contribution in [0.2, 0.25) is 5.02 Å². The van der Waals surface area contributed by atoms with Gasteiger partial charge in [0.15, 0.2) is 0 Å². The van der Waals surface area contributed by atoms with Crippen molar-refractivity contribution in [3.63, 3.8) is 0 Å². The number of halogens is 1.